The van der Waals surface area contributed by atoms with E-state index >= 15 is 0 Å². The van der Waals surface area contributed by atoms with Crippen LogP contribution in [0.15, 0.2) is 67.3 Å². The number of urea groups is 1. The lowest BCUT2D eigenvalue weighted by molar-refractivity contribution is 0.240. The Hall–Kier alpha value is -3.15. The molecule has 0 saturated carbocycles. The number of carbonyl (C=O) groups excluding carboxylic acids is 1. The molecule has 0 bridgehead atoms. The largest absolute Gasteiger partial charge is 0.334 e. The van der Waals surface area contributed by atoms with Crippen LogP contribution in [-0.2, 0) is 13.1 Å². The lowest BCUT2D eigenvalue weighted by Gasteiger charge is -2.06. The van der Waals surface area contributed by atoms with Crippen LogP contribution >= 0.6 is 0 Å². The van der Waals surface area contributed by atoms with Crippen molar-refractivity contribution >= 4 is 6.03 Å². The topological polar surface area (TPSA) is 71.8 Å². The van der Waals surface area contributed by atoms with Crippen LogP contribution in [0.5, 0.6) is 0 Å². The first-order valence-electron chi connectivity index (χ1n) is 7.31. The minimum absolute atomic E-state index is 0.221. The molecule has 3 aromatic rings. The molecule has 0 fully saturated rings. The van der Waals surface area contributed by atoms with E-state index in [4.69, 9.17) is 0 Å². The predicted octanol–water partition coefficient (Wildman–Crippen LogP) is 2.27. The summed E-state index contributed by atoms with van der Waals surface area (Å²) >= 11 is 0. The minimum atomic E-state index is -0.221. The Morgan fingerprint density at radius 1 is 0.957 bits per heavy atom. The van der Waals surface area contributed by atoms with Gasteiger partial charge in [0.2, 0.25) is 0 Å². The van der Waals surface area contributed by atoms with Crippen molar-refractivity contribution < 1.29 is 4.79 Å². The van der Waals surface area contributed by atoms with Gasteiger partial charge in [-0.05, 0) is 23.8 Å². The minimum Gasteiger partial charge on any atom is -0.334 e. The highest BCUT2D eigenvalue weighted by molar-refractivity contribution is 5.73. The molecule has 2 heterocycles. The maximum Gasteiger partial charge on any atom is 0.315 e. The highest BCUT2D eigenvalue weighted by Gasteiger charge is 2.04. The fraction of sp³-hybridized carbons (Fsp3) is 0.118. The maximum absolute atomic E-state index is 11.8. The van der Waals surface area contributed by atoms with Crippen LogP contribution in [0, 0.1) is 0 Å². The van der Waals surface area contributed by atoms with E-state index in [9.17, 15) is 4.79 Å². The van der Waals surface area contributed by atoms with Crippen LogP contribution in [0.4, 0.5) is 4.79 Å². The van der Waals surface area contributed by atoms with E-state index in [0.717, 1.165) is 16.8 Å². The van der Waals surface area contributed by atoms with E-state index in [-0.39, 0.29) is 6.03 Å². The summed E-state index contributed by atoms with van der Waals surface area (Å²) in [6.45, 7) is 0.870. The summed E-state index contributed by atoms with van der Waals surface area (Å²) in [6, 6.07) is 13.4. The Morgan fingerprint density at radius 2 is 1.74 bits per heavy atom. The van der Waals surface area contributed by atoms with Gasteiger partial charge in [0, 0.05) is 37.2 Å². The van der Waals surface area contributed by atoms with Gasteiger partial charge in [0.15, 0.2) is 0 Å². The van der Waals surface area contributed by atoms with E-state index in [1.165, 1.54) is 0 Å². The van der Waals surface area contributed by atoms with Crippen LogP contribution in [0.2, 0.25) is 0 Å². The normalized spacial score (nSPS) is 10.3. The van der Waals surface area contributed by atoms with Crippen LogP contribution < -0.4 is 10.6 Å². The lowest BCUT2D eigenvalue weighted by atomic mass is 10.3. The molecule has 0 aliphatic rings. The van der Waals surface area contributed by atoms with E-state index in [1.54, 1.807) is 23.3 Å². The summed E-state index contributed by atoms with van der Waals surface area (Å²) in [5.74, 6) is 0. The van der Waals surface area contributed by atoms with Crippen molar-refractivity contribution in [1.29, 1.82) is 0 Å². The molecule has 0 spiro atoms. The molecule has 0 aliphatic carbocycles. The van der Waals surface area contributed by atoms with Gasteiger partial charge in [0.1, 0.15) is 0 Å². The average molecular weight is 307 g/mol. The van der Waals surface area contributed by atoms with Gasteiger partial charge in [-0.3, -0.25) is 4.98 Å². The fourth-order valence-corrected chi connectivity index (χ4v) is 2.10. The number of amides is 2. The quantitative estimate of drug-likeness (QED) is 0.759. The molecule has 0 aliphatic heterocycles. The average Bonchev–Trinajstić information content (AvgIpc) is 3.09. The van der Waals surface area contributed by atoms with Gasteiger partial charge in [-0.25, -0.2) is 9.48 Å². The van der Waals surface area contributed by atoms with Crippen molar-refractivity contribution in [2.45, 2.75) is 13.1 Å². The number of hydrogen-bond acceptors (Lipinski definition) is 3. The summed E-state index contributed by atoms with van der Waals surface area (Å²) in [5.41, 5.74) is 2.88. The van der Waals surface area contributed by atoms with Crippen LogP contribution in [0.1, 0.15) is 11.1 Å². The molecule has 2 amide bonds. The predicted molar refractivity (Wildman–Crippen MR) is 86.9 cm³/mol. The number of nitrogens with zero attached hydrogens (tertiary/aromatic N) is 3. The zero-order chi connectivity index (χ0) is 15.9. The molecule has 2 aromatic heterocycles. The Kier molecular flexibility index (Phi) is 4.63. The molecular weight excluding hydrogens is 290 g/mol. The molecule has 0 unspecified atom stereocenters. The number of hydrogen-bond donors (Lipinski definition) is 2. The third-order valence-corrected chi connectivity index (χ3v) is 3.29. The van der Waals surface area contributed by atoms with Gasteiger partial charge in [-0.15, -0.1) is 0 Å². The Bertz CT molecular complexity index is 755. The van der Waals surface area contributed by atoms with Gasteiger partial charge in [0.05, 0.1) is 11.9 Å². The first kappa shape index (κ1) is 14.8. The second-order valence-corrected chi connectivity index (χ2v) is 5.03. The third kappa shape index (κ3) is 4.16. The molecule has 116 valence electrons. The Balaban J connectivity index is 1.49. The molecule has 2 N–H and O–H groups in total. The molecule has 6 nitrogen and oxygen atoms in total. The van der Waals surface area contributed by atoms with Gasteiger partial charge in [0.25, 0.3) is 0 Å². The summed E-state index contributed by atoms with van der Waals surface area (Å²) in [7, 11) is 0. The molecular formula is C17H17N5O. The van der Waals surface area contributed by atoms with Gasteiger partial charge >= 0.3 is 6.03 Å². The van der Waals surface area contributed by atoms with Crippen LogP contribution in [0.25, 0.3) is 5.69 Å². The fourth-order valence-electron chi connectivity index (χ4n) is 2.10. The highest BCUT2D eigenvalue weighted by Crippen LogP contribution is 2.07. The van der Waals surface area contributed by atoms with Crippen molar-refractivity contribution in [2.75, 3.05) is 0 Å². The molecule has 0 radical (unpaired) electrons. The second kappa shape index (κ2) is 7.22. The zero-order valence-corrected chi connectivity index (χ0v) is 12.5. The SMILES string of the molecule is O=C(NCc1cccnc1)NCc1cnn(-c2ccccc2)c1. The van der Waals surface area contributed by atoms with Crippen molar-refractivity contribution in [1.82, 2.24) is 25.4 Å². The smallest absolute Gasteiger partial charge is 0.315 e. The standard InChI is InChI=1S/C17H17N5O/c23-17(19-10-14-5-4-8-18-9-14)20-11-15-12-21-22(13-15)16-6-2-1-3-7-16/h1-9,12-13H,10-11H2,(H2,19,20,23). The third-order valence-electron chi connectivity index (χ3n) is 3.29. The Labute approximate surface area is 134 Å². The molecule has 6 heteroatoms. The summed E-state index contributed by atoms with van der Waals surface area (Å²) in [5, 5.41) is 9.90. The van der Waals surface area contributed by atoms with E-state index in [0.29, 0.717) is 13.1 Å². The highest BCUT2D eigenvalue weighted by atomic mass is 16.2. The van der Waals surface area contributed by atoms with E-state index in [2.05, 4.69) is 20.7 Å². The van der Waals surface area contributed by atoms with Crippen molar-refractivity contribution in [3.05, 3.63) is 78.4 Å². The number of para-hydroxylation sites is 1. The van der Waals surface area contributed by atoms with Gasteiger partial charge in [-0.2, -0.15) is 5.10 Å². The first-order valence-corrected chi connectivity index (χ1v) is 7.31. The molecule has 0 saturated heterocycles. The summed E-state index contributed by atoms with van der Waals surface area (Å²) in [6.07, 6.45) is 7.07. The number of nitrogens with one attached hydrogen (secondary N) is 2. The van der Waals surface area contributed by atoms with E-state index in [1.807, 2.05) is 48.7 Å². The number of pyridine rings is 1. The van der Waals surface area contributed by atoms with Crippen LogP contribution in [0.3, 0.4) is 0 Å². The molecule has 1 aromatic carbocycles. The van der Waals surface area contributed by atoms with Crippen molar-refractivity contribution in [3.8, 4) is 5.69 Å². The maximum atomic E-state index is 11.8. The number of benzene rings is 1. The Morgan fingerprint density at radius 3 is 2.48 bits per heavy atom. The van der Waals surface area contributed by atoms with E-state index < -0.39 is 0 Å². The molecule has 23 heavy (non-hydrogen) atoms. The summed E-state index contributed by atoms with van der Waals surface area (Å²) in [4.78, 5) is 15.8. The van der Waals surface area contributed by atoms with Crippen LogP contribution in [-0.4, -0.2) is 20.8 Å². The number of carbonyl (C=O) groups is 1. The number of aromatic nitrogens is 3. The van der Waals surface area contributed by atoms with Gasteiger partial charge in [-0.1, -0.05) is 24.3 Å². The van der Waals surface area contributed by atoms with Crippen molar-refractivity contribution in [3.63, 3.8) is 0 Å². The molecule has 0 atom stereocenters. The second-order valence-electron chi connectivity index (χ2n) is 5.03. The first-order chi connectivity index (χ1) is 11.3. The van der Waals surface area contributed by atoms with Gasteiger partial charge < -0.3 is 10.6 Å². The zero-order valence-electron chi connectivity index (χ0n) is 12.5. The monoisotopic (exact) mass is 307 g/mol. The summed E-state index contributed by atoms with van der Waals surface area (Å²) < 4.78 is 1.78. The molecule has 3 rings (SSSR count). The van der Waals surface area contributed by atoms with Crippen molar-refractivity contribution in [2.24, 2.45) is 0 Å². The lowest BCUT2D eigenvalue weighted by Crippen LogP contribution is -2.34. The number of rotatable bonds is 5.